The van der Waals surface area contributed by atoms with Crippen LogP contribution in [0.3, 0.4) is 0 Å². The molecule has 7 nitrogen and oxygen atoms in total. The van der Waals surface area contributed by atoms with Gasteiger partial charge in [0.1, 0.15) is 5.75 Å². The molecule has 2 unspecified atom stereocenters. The van der Waals surface area contributed by atoms with Crippen LogP contribution in [-0.2, 0) is 23.4 Å². The molecule has 2 aromatic carbocycles. The van der Waals surface area contributed by atoms with Crippen LogP contribution in [0.4, 0.5) is 0 Å². The predicted molar refractivity (Wildman–Crippen MR) is 124 cm³/mol. The molecule has 0 spiro atoms. The third-order valence-corrected chi connectivity index (χ3v) is 5.64. The molecular weight excluding hydrogens is 431 g/mol. The van der Waals surface area contributed by atoms with E-state index in [0.29, 0.717) is 6.61 Å². The van der Waals surface area contributed by atoms with Crippen LogP contribution in [0.2, 0.25) is 0 Å². The molecule has 0 aliphatic carbocycles. The van der Waals surface area contributed by atoms with Gasteiger partial charge in [0.15, 0.2) is 0 Å². The van der Waals surface area contributed by atoms with E-state index in [1.54, 1.807) is 6.92 Å². The highest BCUT2D eigenvalue weighted by Gasteiger charge is 2.23. The van der Waals surface area contributed by atoms with Crippen molar-refractivity contribution < 1.29 is 33.0 Å². The number of unbranched alkanes of at least 4 members (excludes halogenated alkanes) is 5. The molecule has 8 heteroatoms. The third kappa shape index (κ3) is 11.2. The Balaban J connectivity index is 1.44. The molecule has 0 aliphatic rings. The van der Waals surface area contributed by atoms with Crippen LogP contribution in [0.1, 0.15) is 45.4 Å². The molecule has 0 amide bonds. The number of benzene rings is 2. The summed E-state index contributed by atoms with van der Waals surface area (Å²) in [6, 6.07) is 18.5. The molecule has 2 aromatic rings. The molecule has 0 bridgehead atoms. The number of hydrogen-bond acceptors (Lipinski definition) is 6. The SMILES string of the molecule is COC(C)COP(=O)(O)OOCCCCCCCCOc1ccc(-c2ccccc2)cc1. The number of methoxy groups -OCH3 is 1. The fourth-order valence-corrected chi connectivity index (χ4v) is 3.58. The lowest BCUT2D eigenvalue weighted by Crippen LogP contribution is -2.13. The number of phosphoric ester groups is 1. The normalized spacial score (nSPS) is 14.1. The van der Waals surface area contributed by atoms with Crippen molar-refractivity contribution in [3.63, 3.8) is 0 Å². The summed E-state index contributed by atoms with van der Waals surface area (Å²) < 4.78 is 31.6. The lowest BCUT2D eigenvalue weighted by Gasteiger charge is -2.13. The molecule has 0 radical (unpaired) electrons. The molecule has 32 heavy (non-hydrogen) atoms. The van der Waals surface area contributed by atoms with Crippen molar-refractivity contribution in [2.45, 2.75) is 51.6 Å². The second kappa shape index (κ2) is 15.2. The van der Waals surface area contributed by atoms with Gasteiger partial charge in [-0.2, -0.15) is 0 Å². The van der Waals surface area contributed by atoms with E-state index in [1.807, 2.05) is 30.3 Å². The Morgan fingerprint density at radius 1 is 0.844 bits per heavy atom. The largest absolute Gasteiger partial charge is 0.499 e. The number of ether oxygens (including phenoxy) is 2. The van der Waals surface area contributed by atoms with Crippen LogP contribution in [0.25, 0.3) is 11.1 Å². The molecule has 0 aromatic heterocycles. The fraction of sp³-hybridized carbons (Fsp3) is 0.500. The van der Waals surface area contributed by atoms with Crippen molar-refractivity contribution in [2.75, 3.05) is 26.9 Å². The van der Waals surface area contributed by atoms with Crippen molar-refractivity contribution in [1.29, 1.82) is 0 Å². The van der Waals surface area contributed by atoms with Gasteiger partial charge in [-0.1, -0.05) is 68.1 Å². The summed E-state index contributed by atoms with van der Waals surface area (Å²) in [5.74, 6) is 0.892. The van der Waals surface area contributed by atoms with E-state index in [-0.39, 0.29) is 19.3 Å². The first-order valence-electron chi connectivity index (χ1n) is 11.1. The summed E-state index contributed by atoms with van der Waals surface area (Å²) in [5, 5.41) is 0. The standard InChI is InChI=1S/C24H35O7P/c1-21(27-2)20-30-32(25,26)31-29-19-11-6-4-3-5-10-18-28-24-16-14-23(15-17-24)22-12-8-7-9-13-22/h7-9,12-17,21H,3-6,10-11,18-20H2,1-2H3,(H,25,26). The molecule has 0 aliphatic heterocycles. The minimum Gasteiger partial charge on any atom is -0.494 e. The number of rotatable bonds is 17. The fourth-order valence-electron chi connectivity index (χ4n) is 2.93. The lowest BCUT2D eigenvalue weighted by atomic mass is 10.1. The Morgan fingerprint density at radius 2 is 1.44 bits per heavy atom. The Hall–Kier alpha value is -1.73. The average Bonchev–Trinajstić information content (AvgIpc) is 2.82. The van der Waals surface area contributed by atoms with Gasteiger partial charge in [-0.25, -0.2) is 9.45 Å². The lowest BCUT2D eigenvalue weighted by molar-refractivity contribution is -0.225. The second-order valence-corrected chi connectivity index (χ2v) is 8.91. The molecule has 1 N–H and O–H groups in total. The minimum absolute atomic E-state index is 0.0453. The molecule has 0 heterocycles. The van der Waals surface area contributed by atoms with Gasteiger partial charge < -0.3 is 14.4 Å². The predicted octanol–water partition coefficient (Wildman–Crippen LogP) is 6.17. The van der Waals surface area contributed by atoms with Crippen molar-refractivity contribution in [2.24, 2.45) is 0 Å². The first kappa shape index (κ1) is 26.5. The molecule has 178 valence electrons. The van der Waals surface area contributed by atoms with Crippen molar-refractivity contribution in [3.05, 3.63) is 54.6 Å². The van der Waals surface area contributed by atoms with E-state index in [2.05, 4.69) is 28.9 Å². The monoisotopic (exact) mass is 466 g/mol. The summed E-state index contributed by atoms with van der Waals surface area (Å²) in [5.41, 5.74) is 2.38. The van der Waals surface area contributed by atoms with Gasteiger partial charge in [0.2, 0.25) is 0 Å². The van der Waals surface area contributed by atoms with Crippen LogP contribution in [0.15, 0.2) is 54.6 Å². The molecule has 0 saturated carbocycles. The highest BCUT2D eigenvalue weighted by molar-refractivity contribution is 7.47. The Kier molecular flexibility index (Phi) is 12.6. The topological polar surface area (TPSA) is 83.5 Å². The molecule has 2 atom stereocenters. The minimum atomic E-state index is -4.19. The maximum atomic E-state index is 11.6. The quantitative estimate of drug-likeness (QED) is 0.129. The second-order valence-electron chi connectivity index (χ2n) is 7.57. The Bertz CT molecular complexity index is 783. The molecular formula is C24H35O7P. The van der Waals surface area contributed by atoms with Gasteiger partial charge >= 0.3 is 7.82 Å². The van der Waals surface area contributed by atoms with Crippen LogP contribution in [-0.4, -0.2) is 37.9 Å². The van der Waals surface area contributed by atoms with Gasteiger partial charge in [-0.3, -0.25) is 4.52 Å². The first-order chi connectivity index (χ1) is 15.5. The summed E-state index contributed by atoms with van der Waals surface area (Å²) in [7, 11) is -2.70. The van der Waals surface area contributed by atoms with E-state index in [0.717, 1.165) is 44.3 Å². The number of phosphoric acid groups is 1. The van der Waals surface area contributed by atoms with Crippen LogP contribution < -0.4 is 4.74 Å². The highest BCUT2D eigenvalue weighted by Crippen LogP contribution is 2.43. The smallest absolute Gasteiger partial charge is 0.494 e. The van der Waals surface area contributed by atoms with Gasteiger partial charge in [0.25, 0.3) is 0 Å². The van der Waals surface area contributed by atoms with Crippen molar-refractivity contribution in [3.8, 4) is 16.9 Å². The van der Waals surface area contributed by atoms with E-state index in [1.165, 1.54) is 18.2 Å². The summed E-state index contributed by atoms with van der Waals surface area (Å²) >= 11 is 0. The third-order valence-electron chi connectivity index (χ3n) is 4.87. The number of hydrogen-bond donors (Lipinski definition) is 1. The van der Waals surface area contributed by atoms with E-state index in [9.17, 15) is 9.46 Å². The summed E-state index contributed by atoms with van der Waals surface area (Å²) in [4.78, 5) is 14.2. The van der Waals surface area contributed by atoms with Gasteiger partial charge in [0.05, 0.1) is 25.9 Å². The van der Waals surface area contributed by atoms with E-state index < -0.39 is 7.82 Å². The Morgan fingerprint density at radius 3 is 2.09 bits per heavy atom. The van der Waals surface area contributed by atoms with Crippen molar-refractivity contribution >= 4 is 7.82 Å². The zero-order valence-corrected chi connectivity index (χ0v) is 19.9. The van der Waals surface area contributed by atoms with Gasteiger partial charge in [0, 0.05) is 7.11 Å². The van der Waals surface area contributed by atoms with Crippen LogP contribution >= 0.6 is 7.82 Å². The van der Waals surface area contributed by atoms with E-state index in [4.69, 9.17) is 18.9 Å². The zero-order valence-electron chi connectivity index (χ0n) is 19.0. The highest BCUT2D eigenvalue weighted by atomic mass is 31.2. The maximum Gasteiger partial charge on any atom is 0.499 e. The van der Waals surface area contributed by atoms with Crippen molar-refractivity contribution in [1.82, 2.24) is 0 Å². The molecule has 2 rings (SSSR count). The molecule has 0 fully saturated rings. The van der Waals surface area contributed by atoms with E-state index >= 15 is 0 Å². The summed E-state index contributed by atoms with van der Waals surface area (Å²) in [6.07, 6.45) is 5.68. The Labute approximate surface area is 191 Å². The molecule has 0 saturated heterocycles. The first-order valence-corrected chi connectivity index (χ1v) is 12.6. The average molecular weight is 467 g/mol. The van der Waals surface area contributed by atoms with Crippen LogP contribution in [0.5, 0.6) is 5.75 Å². The van der Waals surface area contributed by atoms with Gasteiger partial charge in [-0.15, -0.1) is 4.67 Å². The summed E-state index contributed by atoms with van der Waals surface area (Å²) in [6.45, 7) is 2.62. The van der Waals surface area contributed by atoms with Gasteiger partial charge in [-0.05, 0) is 43.0 Å². The maximum absolute atomic E-state index is 11.6. The zero-order chi connectivity index (χ0) is 23.1. The van der Waals surface area contributed by atoms with Crippen LogP contribution in [0, 0.1) is 0 Å².